The van der Waals surface area contributed by atoms with Crippen molar-refractivity contribution in [3.63, 3.8) is 0 Å². The van der Waals surface area contributed by atoms with Crippen LogP contribution in [0.2, 0.25) is 0 Å². The van der Waals surface area contributed by atoms with Gasteiger partial charge in [-0.15, -0.1) is 0 Å². The lowest BCUT2D eigenvalue weighted by molar-refractivity contribution is 0.321. The maximum absolute atomic E-state index is 3.48. The van der Waals surface area contributed by atoms with Crippen LogP contribution in [0.3, 0.4) is 0 Å². The Morgan fingerprint density at radius 3 is 2.07 bits per heavy atom. The molecule has 2 atom stereocenters. The Labute approximate surface area is 97.0 Å². The van der Waals surface area contributed by atoms with E-state index in [1.165, 1.54) is 45.1 Å². The van der Waals surface area contributed by atoms with Crippen molar-refractivity contribution < 1.29 is 0 Å². The highest BCUT2D eigenvalue weighted by atomic mass is 14.8. The molecule has 0 aromatic heterocycles. The van der Waals surface area contributed by atoms with E-state index >= 15 is 0 Å². The van der Waals surface area contributed by atoms with E-state index in [-0.39, 0.29) is 0 Å². The van der Waals surface area contributed by atoms with E-state index in [1.807, 2.05) is 0 Å². The fourth-order valence-corrected chi connectivity index (χ4v) is 2.20. The molecular weight excluding hydrogens is 182 g/mol. The van der Waals surface area contributed by atoms with Crippen molar-refractivity contribution in [2.75, 3.05) is 13.1 Å². The Hall–Kier alpha value is -0.0400. The molecule has 1 nitrogen and oxygen atoms in total. The summed E-state index contributed by atoms with van der Waals surface area (Å²) in [5, 5.41) is 3.48. The average Bonchev–Trinajstić information content (AvgIpc) is 2.28. The van der Waals surface area contributed by atoms with Crippen LogP contribution >= 0.6 is 0 Å². The maximum atomic E-state index is 3.48. The molecule has 0 radical (unpaired) electrons. The van der Waals surface area contributed by atoms with Crippen molar-refractivity contribution in [1.82, 2.24) is 5.32 Å². The summed E-state index contributed by atoms with van der Waals surface area (Å²) in [5.74, 6) is 1.86. The molecule has 0 aliphatic carbocycles. The van der Waals surface area contributed by atoms with Crippen LogP contribution < -0.4 is 5.32 Å². The minimum Gasteiger partial charge on any atom is -0.317 e. The molecule has 1 heteroatoms. The van der Waals surface area contributed by atoms with Crippen LogP contribution in [0.25, 0.3) is 0 Å². The third kappa shape index (κ3) is 7.84. The summed E-state index contributed by atoms with van der Waals surface area (Å²) in [5.41, 5.74) is 0. The maximum Gasteiger partial charge on any atom is -0.00206 e. The molecule has 0 fully saturated rings. The zero-order valence-corrected chi connectivity index (χ0v) is 11.3. The molecule has 0 saturated carbocycles. The first-order chi connectivity index (χ1) is 7.28. The zero-order valence-electron chi connectivity index (χ0n) is 11.3. The fourth-order valence-electron chi connectivity index (χ4n) is 2.20. The van der Waals surface area contributed by atoms with Crippen molar-refractivity contribution >= 4 is 0 Å². The summed E-state index contributed by atoms with van der Waals surface area (Å²) in [6.07, 6.45) is 8.32. The van der Waals surface area contributed by atoms with Gasteiger partial charge >= 0.3 is 0 Å². The summed E-state index contributed by atoms with van der Waals surface area (Å²) in [6, 6.07) is 0. The predicted molar refractivity (Wildman–Crippen MR) is 70.2 cm³/mol. The third-order valence-corrected chi connectivity index (χ3v) is 3.47. The largest absolute Gasteiger partial charge is 0.317 e. The summed E-state index contributed by atoms with van der Waals surface area (Å²) >= 11 is 0. The molecule has 0 spiro atoms. The summed E-state index contributed by atoms with van der Waals surface area (Å²) in [4.78, 5) is 0. The van der Waals surface area contributed by atoms with Gasteiger partial charge in [0.15, 0.2) is 0 Å². The monoisotopic (exact) mass is 213 g/mol. The number of unbranched alkanes of at least 4 members (excludes halogenated alkanes) is 1. The second-order valence-corrected chi connectivity index (χ2v) is 4.73. The summed E-state index contributed by atoms with van der Waals surface area (Å²) in [6.45, 7) is 11.5. The van der Waals surface area contributed by atoms with E-state index in [4.69, 9.17) is 0 Å². The van der Waals surface area contributed by atoms with Gasteiger partial charge in [0.05, 0.1) is 0 Å². The van der Waals surface area contributed by atoms with Gasteiger partial charge in [0.25, 0.3) is 0 Å². The first kappa shape index (κ1) is 15.0. The summed E-state index contributed by atoms with van der Waals surface area (Å²) < 4.78 is 0. The molecule has 1 N–H and O–H groups in total. The van der Waals surface area contributed by atoms with E-state index in [0.29, 0.717) is 0 Å². The highest BCUT2D eigenvalue weighted by Gasteiger charge is 2.12. The smallest absolute Gasteiger partial charge is 0.00206 e. The predicted octanol–water partition coefficient (Wildman–Crippen LogP) is 4.23. The molecule has 0 aliphatic heterocycles. The van der Waals surface area contributed by atoms with Crippen LogP contribution in [-0.2, 0) is 0 Å². The van der Waals surface area contributed by atoms with E-state index in [1.54, 1.807) is 0 Å². The van der Waals surface area contributed by atoms with Gasteiger partial charge in [-0.05, 0) is 31.3 Å². The molecule has 92 valence electrons. The molecule has 0 saturated heterocycles. The van der Waals surface area contributed by atoms with Crippen molar-refractivity contribution in [2.45, 2.75) is 66.2 Å². The number of nitrogens with one attached hydrogen (secondary N) is 1. The van der Waals surface area contributed by atoms with Crippen LogP contribution in [0, 0.1) is 11.8 Å². The Balaban J connectivity index is 3.77. The first-order valence-electron chi connectivity index (χ1n) is 6.99. The second kappa shape index (κ2) is 10.5. The van der Waals surface area contributed by atoms with Gasteiger partial charge < -0.3 is 5.32 Å². The van der Waals surface area contributed by atoms with Gasteiger partial charge in [0.1, 0.15) is 0 Å². The van der Waals surface area contributed by atoms with Crippen molar-refractivity contribution in [2.24, 2.45) is 11.8 Å². The van der Waals surface area contributed by atoms with Crippen LogP contribution in [0.1, 0.15) is 66.2 Å². The minimum atomic E-state index is 0.895. The first-order valence-corrected chi connectivity index (χ1v) is 6.99. The molecule has 0 aromatic carbocycles. The Morgan fingerprint density at radius 1 is 0.933 bits per heavy atom. The Kier molecular flexibility index (Phi) is 10.4. The molecule has 0 aliphatic rings. The van der Waals surface area contributed by atoms with Gasteiger partial charge in [-0.3, -0.25) is 0 Å². The van der Waals surface area contributed by atoms with Crippen molar-refractivity contribution in [3.8, 4) is 0 Å². The number of hydrogen-bond donors (Lipinski definition) is 1. The molecule has 0 amide bonds. The van der Waals surface area contributed by atoms with Gasteiger partial charge in [-0.1, -0.05) is 59.8 Å². The SMILES string of the molecule is CCCCC(CC)CC(CC)CNCC. The molecule has 0 bridgehead atoms. The van der Waals surface area contributed by atoms with Gasteiger partial charge in [0, 0.05) is 0 Å². The van der Waals surface area contributed by atoms with Crippen LogP contribution in [-0.4, -0.2) is 13.1 Å². The van der Waals surface area contributed by atoms with E-state index < -0.39 is 0 Å². The highest BCUT2D eigenvalue weighted by molar-refractivity contribution is 4.67. The van der Waals surface area contributed by atoms with Gasteiger partial charge in [-0.2, -0.15) is 0 Å². The van der Waals surface area contributed by atoms with Crippen LogP contribution in [0.4, 0.5) is 0 Å². The second-order valence-electron chi connectivity index (χ2n) is 4.73. The topological polar surface area (TPSA) is 12.0 Å². The summed E-state index contributed by atoms with van der Waals surface area (Å²) in [7, 11) is 0. The van der Waals surface area contributed by atoms with Crippen LogP contribution in [0.15, 0.2) is 0 Å². The van der Waals surface area contributed by atoms with Gasteiger partial charge in [-0.25, -0.2) is 0 Å². The van der Waals surface area contributed by atoms with E-state index in [9.17, 15) is 0 Å². The molecule has 15 heavy (non-hydrogen) atoms. The lowest BCUT2D eigenvalue weighted by Crippen LogP contribution is -2.24. The van der Waals surface area contributed by atoms with Crippen molar-refractivity contribution in [3.05, 3.63) is 0 Å². The fraction of sp³-hybridized carbons (Fsp3) is 1.00. The molecular formula is C14H31N. The zero-order chi connectivity index (χ0) is 11.5. The number of hydrogen-bond acceptors (Lipinski definition) is 1. The quantitative estimate of drug-likeness (QED) is 0.572. The highest BCUT2D eigenvalue weighted by Crippen LogP contribution is 2.22. The van der Waals surface area contributed by atoms with Gasteiger partial charge in [0.2, 0.25) is 0 Å². The van der Waals surface area contributed by atoms with Crippen molar-refractivity contribution in [1.29, 1.82) is 0 Å². The average molecular weight is 213 g/mol. The lowest BCUT2D eigenvalue weighted by Gasteiger charge is -2.21. The minimum absolute atomic E-state index is 0.895. The molecule has 0 heterocycles. The Bertz CT molecular complexity index is 109. The Morgan fingerprint density at radius 2 is 1.60 bits per heavy atom. The third-order valence-electron chi connectivity index (χ3n) is 3.47. The normalized spacial score (nSPS) is 15.2. The molecule has 0 rings (SSSR count). The van der Waals surface area contributed by atoms with E-state index in [0.717, 1.165) is 18.4 Å². The standard InChI is InChI=1S/C14H31N/c1-5-9-10-13(6-2)11-14(7-3)12-15-8-4/h13-15H,5-12H2,1-4H3. The number of rotatable bonds is 10. The van der Waals surface area contributed by atoms with E-state index in [2.05, 4.69) is 33.0 Å². The lowest BCUT2D eigenvalue weighted by atomic mass is 9.87. The van der Waals surface area contributed by atoms with Crippen LogP contribution in [0.5, 0.6) is 0 Å². The molecule has 0 aromatic rings. The molecule has 2 unspecified atom stereocenters.